The molecule has 0 saturated heterocycles. The molecule has 0 atom stereocenters. The van der Waals surface area contributed by atoms with E-state index in [1.54, 1.807) is 24.3 Å². The molecule has 0 amide bonds. The zero-order valence-corrected chi connectivity index (χ0v) is 12.9. The Hall–Kier alpha value is -1.95. The van der Waals surface area contributed by atoms with Crippen molar-refractivity contribution in [2.45, 2.75) is 12.8 Å². The van der Waals surface area contributed by atoms with Gasteiger partial charge >= 0.3 is 11.9 Å². The first-order valence-electron chi connectivity index (χ1n) is 6.26. The van der Waals surface area contributed by atoms with Crippen LogP contribution >= 0.6 is 15.9 Å². The molecule has 0 bridgehead atoms. The molecule has 1 aromatic carbocycles. The van der Waals surface area contributed by atoms with Gasteiger partial charge in [-0.05, 0) is 30.7 Å². The number of carbonyl (C=O) groups is 3. The molecule has 0 fully saturated rings. The maximum absolute atomic E-state index is 11.5. The summed E-state index contributed by atoms with van der Waals surface area (Å²) in [4.78, 5) is 33.7. The van der Waals surface area contributed by atoms with Gasteiger partial charge in [-0.25, -0.2) is 4.79 Å². The number of benzene rings is 1. The van der Waals surface area contributed by atoms with Gasteiger partial charge in [0, 0.05) is 18.1 Å². The van der Waals surface area contributed by atoms with Crippen LogP contribution in [0.25, 0.3) is 0 Å². The molecule has 112 valence electrons. The van der Waals surface area contributed by atoms with Crippen molar-refractivity contribution in [3.05, 3.63) is 42.5 Å². The fraction of sp³-hybridized carbons (Fsp3) is 0.267. The Morgan fingerprint density at radius 2 is 1.86 bits per heavy atom. The Bertz CT molecular complexity index is 521. The largest absolute Gasteiger partial charge is 0.463 e. The molecular weight excluding hydrogens is 340 g/mol. The summed E-state index contributed by atoms with van der Waals surface area (Å²) in [7, 11) is 0. The summed E-state index contributed by atoms with van der Waals surface area (Å²) >= 11 is 3.08. The minimum absolute atomic E-state index is 0.0445. The monoisotopic (exact) mass is 354 g/mol. The molecule has 0 spiro atoms. The van der Waals surface area contributed by atoms with Crippen molar-refractivity contribution in [3.63, 3.8) is 0 Å². The van der Waals surface area contributed by atoms with Crippen molar-refractivity contribution in [1.82, 2.24) is 0 Å². The first-order chi connectivity index (χ1) is 10.1. The number of Topliss-reactive ketones (excluding diaryl/α,β-unsaturated/α-hetero) is 1. The van der Waals surface area contributed by atoms with Gasteiger partial charge in [-0.2, -0.15) is 0 Å². The van der Waals surface area contributed by atoms with Crippen LogP contribution in [0.4, 0.5) is 0 Å². The van der Waals surface area contributed by atoms with Crippen LogP contribution < -0.4 is 4.74 Å². The first-order valence-corrected chi connectivity index (χ1v) is 7.38. The Balaban J connectivity index is 2.36. The second-order valence-electron chi connectivity index (χ2n) is 4.03. The van der Waals surface area contributed by atoms with Crippen molar-refractivity contribution in [2.24, 2.45) is 0 Å². The van der Waals surface area contributed by atoms with Crippen LogP contribution in [0.3, 0.4) is 0 Å². The zero-order valence-electron chi connectivity index (χ0n) is 11.3. The van der Waals surface area contributed by atoms with Gasteiger partial charge in [0.05, 0.1) is 11.9 Å². The number of halogens is 1. The molecule has 6 heteroatoms. The predicted molar refractivity (Wildman–Crippen MR) is 80.6 cm³/mol. The van der Waals surface area contributed by atoms with E-state index in [0.717, 1.165) is 6.08 Å². The Labute approximate surface area is 131 Å². The molecule has 0 aromatic heterocycles. The van der Waals surface area contributed by atoms with Crippen molar-refractivity contribution < 1.29 is 23.9 Å². The van der Waals surface area contributed by atoms with Crippen LogP contribution in [-0.4, -0.2) is 29.7 Å². The van der Waals surface area contributed by atoms with E-state index in [-0.39, 0.29) is 24.1 Å². The highest BCUT2D eigenvalue weighted by Gasteiger charge is 2.07. The van der Waals surface area contributed by atoms with E-state index in [1.165, 1.54) is 0 Å². The van der Waals surface area contributed by atoms with Gasteiger partial charge in [0.1, 0.15) is 5.75 Å². The Morgan fingerprint density at radius 3 is 2.43 bits per heavy atom. The van der Waals surface area contributed by atoms with Gasteiger partial charge in [0.15, 0.2) is 5.78 Å². The number of hydrogen-bond donors (Lipinski definition) is 0. The molecule has 0 aliphatic heterocycles. The smallest absolute Gasteiger partial charge is 0.330 e. The van der Waals surface area contributed by atoms with Gasteiger partial charge in [-0.1, -0.05) is 22.5 Å². The molecule has 0 unspecified atom stereocenters. The molecule has 0 radical (unpaired) electrons. The quantitative estimate of drug-likeness (QED) is 0.179. The third-order valence-corrected chi connectivity index (χ3v) is 2.97. The van der Waals surface area contributed by atoms with E-state index in [4.69, 9.17) is 9.47 Å². The van der Waals surface area contributed by atoms with E-state index in [1.807, 2.05) is 0 Å². The molecule has 5 nitrogen and oxygen atoms in total. The van der Waals surface area contributed by atoms with Gasteiger partial charge < -0.3 is 9.47 Å². The highest BCUT2D eigenvalue weighted by Crippen LogP contribution is 2.14. The molecule has 0 N–H and O–H groups in total. The minimum Gasteiger partial charge on any atom is -0.463 e. The zero-order chi connectivity index (χ0) is 15.7. The molecular formula is C15H15BrO5. The highest BCUT2D eigenvalue weighted by atomic mass is 79.9. The summed E-state index contributed by atoms with van der Waals surface area (Å²) in [5.41, 5.74) is 0.544. The van der Waals surface area contributed by atoms with Crippen LogP contribution in [0, 0.1) is 0 Å². The molecule has 0 aliphatic carbocycles. The summed E-state index contributed by atoms with van der Waals surface area (Å²) in [5.74, 6) is -0.620. The lowest BCUT2D eigenvalue weighted by Gasteiger charge is -2.05. The minimum atomic E-state index is -0.518. The molecule has 0 heterocycles. The van der Waals surface area contributed by atoms with Crippen LogP contribution in [0.1, 0.15) is 23.2 Å². The summed E-state index contributed by atoms with van der Waals surface area (Å²) in [6, 6.07) is 6.31. The van der Waals surface area contributed by atoms with E-state index >= 15 is 0 Å². The second kappa shape index (κ2) is 9.07. The van der Waals surface area contributed by atoms with E-state index in [2.05, 4.69) is 22.5 Å². The van der Waals surface area contributed by atoms with Gasteiger partial charge in [-0.15, -0.1) is 0 Å². The SMILES string of the molecule is C=CC(=O)OCCCC(=O)Oc1ccc(C(=O)CBr)cc1. The summed E-state index contributed by atoms with van der Waals surface area (Å²) < 4.78 is 9.83. The number of hydrogen-bond acceptors (Lipinski definition) is 5. The average molecular weight is 355 g/mol. The third kappa shape index (κ3) is 6.35. The lowest BCUT2D eigenvalue weighted by Crippen LogP contribution is -2.10. The molecule has 1 rings (SSSR count). The number of carbonyl (C=O) groups excluding carboxylic acids is 3. The average Bonchev–Trinajstić information content (AvgIpc) is 2.51. The number of ketones is 1. The summed E-state index contributed by atoms with van der Waals surface area (Å²) in [6.45, 7) is 3.40. The van der Waals surface area contributed by atoms with Crippen molar-refractivity contribution in [3.8, 4) is 5.75 Å². The number of ether oxygens (including phenoxy) is 2. The highest BCUT2D eigenvalue weighted by molar-refractivity contribution is 9.09. The Morgan fingerprint density at radius 1 is 1.19 bits per heavy atom. The predicted octanol–water partition coefficient (Wildman–Crippen LogP) is 2.68. The maximum atomic E-state index is 11.5. The molecule has 0 saturated carbocycles. The number of rotatable bonds is 8. The van der Waals surface area contributed by atoms with Crippen LogP contribution in [-0.2, 0) is 14.3 Å². The standard InChI is InChI=1S/C15H15BrO5/c1-2-14(18)20-9-3-4-15(19)21-12-7-5-11(6-8-12)13(17)10-16/h2,5-8H,1,3-4,9-10H2. The van der Waals surface area contributed by atoms with E-state index in [0.29, 0.717) is 17.7 Å². The lowest BCUT2D eigenvalue weighted by atomic mass is 10.1. The first kappa shape index (κ1) is 17.1. The summed E-state index contributed by atoms with van der Waals surface area (Å²) in [6.07, 6.45) is 1.57. The fourth-order valence-electron chi connectivity index (χ4n) is 1.42. The van der Waals surface area contributed by atoms with Crippen molar-refractivity contribution in [1.29, 1.82) is 0 Å². The van der Waals surface area contributed by atoms with Crippen LogP contribution in [0.2, 0.25) is 0 Å². The Kier molecular flexibility index (Phi) is 7.39. The summed E-state index contributed by atoms with van der Waals surface area (Å²) in [5, 5.41) is 0.246. The van der Waals surface area contributed by atoms with Gasteiger partial charge in [0.2, 0.25) is 0 Å². The van der Waals surface area contributed by atoms with Crippen molar-refractivity contribution in [2.75, 3.05) is 11.9 Å². The number of esters is 2. The fourth-order valence-corrected chi connectivity index (χ4v) is 1.74. The van der Waals surface area contributed by atoms with E-state index < -0.39 is 11.9 Å². The second-order valence-corrected chi connectivity index (χ2v) is 4.59. The molecule has 0 aliphatic rings. The van der Waals surface area contributed by atoms with Gasteiger partial charge in [0.25, 0.3) is 0 Å². The van der Waals surface area contributed by atoms with E-state index in [9.17, 15) is 14.4 Å². The van der Waals surface area contributed by atoms with Crippen molar-refractivity contribution >= 4 is 33.7 Å². The van der Waals surface area contributed by atoms with Crippen LogP contribution in [0.15, 0.2) is 36.9 Å². The normalized spacial score (nSPS) is 9.76. The van der Waals surface area contributed by atoms with Gasteiger partial charge in [-0.3, -0.25) is 9.59 Å². The number of alkyl halides is 1. The van der Waals surface area contributed by atoms with Crippen LogP contribution in [0.5, 0.6) is 5.75 Å². The third-order valence-electron chi connectivity index (χ3n) is 2.47. The topological polar surface area (TPSA) is 69.7 Å². The lowest BCUT2D eigenvalue weighted by molar-refractivity contribution is -0.140. The molecule has 21 heavy (non-hydrogen) atoms. The maximum Gasteiger partial charge on any atom is 0.330 e. The molecule has 1 aromatic rings.